The van der Waals surface area contributed by atoms with Crippen molar-refractivity contribution in [3.8, 4) is 23.1 Å². The van der Waals surface area contributed by atoms with Crippen LogP contribution in [-0.2, 0) is 11.3 Å². The first-order chi connectivity index (χ1) is 19.4. The molecule has 0 radical (unpaired) electrons. The Morgan fingerprint density at radius 3 is 2.44 bits per heavy atom. The summed E-state index contributed by atoms with van der Waals surface area (Å²) in [5.74, 6) is 0.109. The van der Waals surface area contributed by atoms with Crippen LogP contribution in [0.25, 0.3) is 22.2 Å². The van der Waals surface area contributed by atoms with Gasteiger partial charge in [-0.25, -0.2) is 23.9 Å². The fourth-order valence-corrected chi connectivity index (χ4v) is 4.25. The predicted octanol–water partition coefficient (Wildman–Crippen LogP) is 5.67. The van der Waals surface area contributed by atoms with Crippen LogP contribution in [0.4, 0.5) is 25.5 Å². The molecule has 4 aromatic rings. The first-order valence-electron chi connectivity index (χ1n) is 12.6. The summed E-state index contributed by atoms with van der Waals surface area (Å²) in [5.41, 5.74) is 1.18. The van der Waals surface area contributed by atoms with Gasteiger partial charge in [0.15, 0.2) is 0 Å². The van der Waals surface area contributed by atoms with E-state index in [1.807, 2.05) is 0 Å². The minimum atomic E-state index is -1.09. The van der Waals surface area contributed by atoms with Gasteiger partial charge < -0.3 is 19.1 Å². The van der Waals surface area contributed by atoms with Gasteiger partial charge in [-0.2, -0.15) is 5.26 Å². The number of halogens is 1. The molecule has 0 bridgehead atoms. The van der Waals surface area contributed by atoms with E-state index in [0.717, 1.165) is 4.90 Å². The van der Waals surface area contributed by atoms with Gasteiger partial charge in [-0.1, -0.05) is 12.1 Å². The fourth-order valence-electron chi connectivity index (χ4n) is 4.25. The van der Waals surface area contributed by atoms with Crippen LogP contribution < -0.4 is 14.5 Å². The molecule has 41 heavy (non-hydrogen) atoms. The van der Waals surface area contributed by atoms with Crippen molar-refractivity contribution in [1.29, 1.82) is 5.26 Å². The van der Waals surface area contributed by atoms with Crippen molar-refractivity contribution in [3.63, 3.8) is 0 Å². The zero-order chi connectivity index (χ0) is 29.9. The molecule has 0 fully saturated rings. The lowest BCUT2D eigenvalue weighted by molar-refractivity contribution is 0.0578. The van der Waals surface area contributed by atoms with E-state index in [0.29, 0.717) is 28.1 Å². The molecule has 2 aromatic heterocycles. The normalized spacial score (nSPS) is 11.1. The van der Waals surface area contributed by atoms with E-state index in [1.165, 1.54) is 42.1 Å². The van der Waals surface area contributed by atoms with E-state index in [1.54, 1.807) is 57.2 Å². The van der Waals surface area contributed by atoms with Crippen LogP contribution in [0.5, 0.6) is 5.75 Å². The average molecular weight is 561 g/mol. The molecule has 1 N–H and O–H groups in total. The van der Waals surface area contributed by atoms with Gasteiger partial charge in [-0.05, 0) is 51.1 Å². The molecule has 0 aliphatic heterocycles. The van der Waals surface area contributed by atoms with Crippen molar-refractivity contribution in [3.05, 3.63) is 66.4 Å². The molecule has 12 heteroatoms. The monoisotopic (exact) mass is 560 g/mol. The summed E-state index contributed by atoms with van der Waals surface area (Å²) in [6.07, 6.45) is -0.479. The first-order valence-corrected chi connectivity index (χ1v) is 12.6. The molecule has 0 spiro atoms. The highest BCUT2D eigenvalue weighted by Crippen LogP contribution is 2.31. The number of hydrogen-bond donors (Lipinski definition) is 1. The van der Waals surface area contributed by atoms with Crippen LogP contribution in [0.1, 0.15) is 26.5 Å². The number of anilines is 2. The van der Waals surface area contributed by atoms with Crippen LogP contribution in [0.15, 0.2) is 54.9 Å². The van der Waals surface area contributed by atoms with Crippen LogP contribution in [-0.4, -0.2) is 58.1 Å². The minimum absolute atomic E-state index is 0.0111. The van der Waals surface area contributed by atoms with Crippen LogP contribution in [0, 0.1) is 17.1 Å². The third-order valence-corrected chi connectivity index (χ3v) is 6.23. The number of hydrogen-bond acceptors (Lipinski definition) is 7. The van der Waals surface area contributed by atoms with E-state index in [4.69, 9.17) is 9.47 Å². The lowest BCUT2D eigenvalue weighted by Crippen LogP contribution is -2.39. The Bertz CT molecular complexity index is 1640. The SMILES string of the molecule is COc1ccc(F)c2c1cc(C#N)n2CCN(C(=O)OC(C)(C)C)c1cc(-c2ccc(N(C)C(=O)O)cc2)ncn1. The van der Waals surface area contributed by atoms with E-state index in [9.17, 15) is 24.3 Å². The standard InChI is InChI=1S/C29H29FN6O5/c1-29(2,3)41-28(39)36(13-12-35-20(16-31)14-21-24(40-5)11-10-22(30)26(21)35)25-15-23(32-17-33-25)18-6-8-19(9-7-18)34(4)27(37)38/h6-11,14-15,17H,12-13H2,1-5H3,(H,37,38). The largest absolute Gasteiger partial charge is 0.496 e. The summed E-state index contributed by atoms with van der Waals surface area (Å²) in [7, 11) is 2.90. The van der Waals surface area contributed by atoms with Crippen molar-refractivity contribution < 1.29 is 28.6 Å². The lowest BCUT2D eigenvalue weighted by Gasteiger charge is -2.27. The summed E-state index contributed by atoms with van der Waals surface area (Å²) in [5, 5.41) is 19.4. The number of methoxy groups -OCH3 is 1. The Kier molecular flexibility index (Phi) is 8.09. The summed E-state index contributed by atoms with van der Waals surface area (Å²) in [4.78, 5) is 35.6. The molecule has 2 amide bonds. The second kappa shape index (κ2) is 11.5. The number of fused-ring (bicyclic) bond motifs is 1. The number of benzene rings is 2. The number of carboxylic acid groups (broad SMARTS) is 1. The molecule has 0 aliphatic carbocycles. The second-order valence-corrected chi connectivity index (χ2v) is 10.1. The van der Waals surface area contributed by atoms with Gasteiger partial charge in [0.1, 0.15) is 41.1 Å². The summed E-state index contributed by atoms with van der Waals surface area (Å²) >= 11 is 0. The topological polar surface area (TPSA) is 134 Å². The summed E-state index contributed by atoms with van der Waals surface area (Å²) in [6.45, 7) is 5.24. The number of ether oxygens (including phenoxy) is 2. The third-order valence-electron chi connectivity index (χ3n) is 6.23. The van der Waals surface area contributed by atoms with Crippen LogP contribution in [0.3, 0.4) is 0 Å². The Morgan fingerprint density at radius 2 is 1.83 bits per heavy atom. The quantitative estimate of drug-likeness (QED) is 0.305. The number of nitrogens with zero attached hydrogens (tertiary/aromatic N) is 6. The molecule has 0 saturated heterocycles. The van der Waals surface area contributed by atoms with Gasteiger partial charge >= 0.3 is 12.2 Å². The molecule has 0 atom stereocenters. The molecular weight excluding hydrogens is 531 g/mol. The van der Waals surface area contributed by atoms with E-state index in [2.05, 4.69) is 16.0 Å². The number of nitriles is 1. The molecular formula is C29H29FN6O5. The molecule has 0 saturated carbocycles. The number of amides is 2. The smallest absolute Gasteiger partial charge is 0.416 e. The number of rotatable bonds is 7. The minimum Gasteiger partial charge on any atom is -0.496 e. The van der Waals surface area contributed by atoms with Gasteiger partial charge in [-0.15, -0.1) is 0 Å². The van der Waals surface area contributed by atoms with Crippen LogP contribution in [0.2, 0.25) is 0 Å². The molecule has 11 nitrogen and oxygen atoms in total. The molecule has 212 valence electrons. The third kappa shape index (κ3) is 6.19. The Balaban J connectivity index is 1.71. The highest BCUT2D eigenvalue weighted by Gasteiger charge is 2.26. The average Bonchev–Trinajstić information content (AvgIpc) is 3.31. The number of carbonyl (C=O) groups excluding carboxylic acids is 1. The van der Waals surface area contributed by atoms with Crippen LogP contribution >= 0.6 is 0 Å². The Morgan fingerprint density at radius 1 is 1.12 bits per heavy atom. The summed E-state index contributed by atoms with van der Waals surface area (Å²) in [6, 6.07) is 14.7. The maximum Gasteiger partial charge on any atom is 0.416 e. The molecule has 4 rings (SSSR count). The zero-order valence-corrected chi connectivity index (χ0v) is 23.3. The predicted molar refractivity (Wildman–Crippen MR) is 151 cm³/mol. The van der Waals surface area contributed by atoms with E-state index < -0.39 is 23.6 Å². The van der Waals surface area contributed by atoms with Gasteiger partial charge in [0.25, 0.3) is 0 Å². The van der Waals surface area contributed by atoms with Crippen molar-refractivity contribution in [1.82, 2.24) is 14.5 Å². The first kappa shape index (κ1) is 28.8. The van der Waals surface area contributed by atoms with E-state index >= 15 is 0 Å². The number of carbonyl (C=O) groups is 2. The van der Waals surface area contributed by atoms with E-state index in [-0.39, 0.29) is 30.1 Å². The Labute approximate surface area is 236 Å². The molecule has 0 unspecified atom stereocenters. The molecule has 2 aromatic carbocycles. The van der Waals surface area contributed by atoms with Gasteiger partial charge in [0, 0.05) is 42.8 Å². The maximum absolute atomic E-state index is 15.0. The van der Waals surface area contributed by atoms with Crippen molar-refractivity contribution in [2.75, 3.05) is 30.5 Å². The molecule has 2 heterocycles. The van der Waals surface area contributed by atoms with Gasteiger partial charge in [0.2, 0.25) is 0 Å². The van der Waals surface area contributed by atoms with Crippen molar-refractivity contribution >= 4 is 34.6 Å². The van der Waals surface area contributed by atoms with Gasteiger partial charge in [0.05, 0.1) is 18.3 Å². The van der Waals surface area contributed by atoms with Crippen molar-refractivity contribution in [2.24, 2.45) is 0 Å². The highest BCUT2D eigenvalue weighted by atomic mass is 19.1. The second-order valence-electron chi connectivity index (χ2n) is 10.1. The maximum atomic E-state index is 15.0. The van der Waals surface area contributed by atoms with Crippen molar-refractivity contribution in [2.45, 2.75) is 32.9 Å². The zero-order valence-electron chi connectivity index (χ0n) is 23.3. The summed E-state index contributed by atoms with van der Waals surface area (Å²) < 4.78 is 27.4. The lowest BCUT2D eigenvalue weighted by atomic mass is 10.1. The highest BCUT2D eigenvalue weighted by molar-refractivity contribution is 5.90. The van der Waals surface area contributed by atoms with Gasteiger partial charge in [-0.3, -0.25) is 9.80 Å². The molecule has 0 aliphatic rings. The number of aromatic nitrogens is 3. The Hall–Kier alpha value is -5.18. The fraction of sp³-hybridized carbons (Fsp3) is 0.276.